The standard InChI is InChI=1S/C27H46O4/c1-4-7-10-14-23(13-5-2)27(31,20-6-3)21-19-22-17-18-25(28)24(22)15-11-8-9-12-16-26(29)30/h8-9,19,21-24,31H,4-7,10-18,20H2,1-3H3,(H,29,30)/b9-8-,21-19?/t22-,23?,24-,27?/m0/s1. The summed E-state index contributed by atoms with van der Waals surface area (Å²) in [4.78, 5) is 23.0. The number of rotatable bonds is 17. The van der Waals surface area contributed by atoms with Gasteiger partial charge in [0.25, 0.3) is 0 Å². The van der Waals surface area contributed by atoms with E-state index < -0.39 is 11.6 Å². The van der Waals surface area contributed by atoms with Gasteiger partial charge >= 0.3 is 5.97 Å². The average molecular weight is 435 g/mol. The average Bonchev–Trinajstić information content (AvgIpc) is 3.08. The fraction of sp³-hybridized carbons (Fsp3) is 0.778. The maximum atomic E-state index is 12.5. The van der Waals surface area contributed by atoms with Crippen molar-refractivity contribution in [3.05, 3.63) is 24.3 Å². The summed E-state index contributed by atoms with van der Waals surface area (Å²) in [6.45, 7) is 6.54. The molecular weight excluding hydrogens is 388 g/mol. The van der Waals surface area contributed by atoms with Gasteiger partial charge in [0, 0.05) is 18.8 Å². The van der Waals surface area contributed by atoms with Gasteiger partial charge in [0.2, 0.25) is 0 Å². The molecule has 4 nitrogen and oxygen atoms in total. The lowest BCUT2D eigenvalue weighted by Crippen LogP contribution is -2.36. The first-order valence-electron chi connectivity index (χ1n) is 12.7. The molecule has 0 bridgehead atoms. The number of hydrogen-bond donors (Lipinski definition) is 2. The molecule has 0 spiro atoms. The number of carboxylic acid groups (broad SMARTS) is 1. The van der Waals surface area contributed by atoms with E-state index in [1.54, 1.807) is 0 Å². The Morgan fingerprint density at radius 3 is 2.48 bits per heavy atom. The van der Waals surface area contributed by atoms with Crippen molar-refractivity contribution in [3.8, 4) is 0 Å². The predicted octanol–water partition coefficient (Wildman–Crippen LogP) is 6.87. The summed E-state index contributed by atoms with van der Waals surface area (Å²) >= 11 is 0. The molecular formula is C27H46O4. The van der Waals surface area contributed by atoms with Crippen LogP contribution in [0.5, 0.6) is 0 Å². The summed E-state index contributed by atoms with van der Waals surface area (Å²) < 4.78 is 0. The zero-order valence-corrected chi connectivity index (χ0v) is 20.2. The SMILES string of the molecule is CCCCCC(CCC)C(O)(C=C[C@@H]1CCC(=O)[C@H]1CC/C=C\CCC(=O)O)CCC. The molecule has 31 heavy (non-hydrogen) atoms. The summed E-state index contributed by atoms with van der Waals surface area (Å²) in [5, 5.41) is 20.3. The van der Waals surface area contributed by atoms with Crippen LogP contribution in [0.15, 0.2) is 24.3 Å². The second-order valence-corrected chi connectivity index (χ2v) is 9.34. The minimum Gasteiger partial charge on any atom is -0.481 e. The number of hydrogen-bond acceptors (Lipinski definition) is 3. The van der Waals surface area contributed by atoms with Gasteiger partial charge in [0.1, 0.15) is 5.78 Å². The van der Waals surface area contributed by atoms with Crippen molar-refractivity contribution >= 4 is 11.8 Å². The van der Waals surface area contributed by atoms with Gasteiger partial charge in [-0.1, -0.05) is 77.2 Å². The van der Waals surface area contributed by atoms with E-state index in [9.17, 15) is 14.7 Å². The molecule has 0 heterocycles. The number of aliphatic carboxylic acids is 1. The largest absolute Gasteiger partial charge is 0.481 e. The molecule has 0 aliphatic heterocycles. The first-order chi connectivity index (χ1) is 14.9. The Morgan fingerprint density at radius 1 is 1.10 bits per heavy atom. The number of aliphatic hydroxyl groups is 1. The molecule has 1 fully saturated rings. The van der Waals surface area contributed by atoms with Crippen molar-refractivity contribution in [2.45, 2.75) is 116 Å². The summed E-state index contributed by atoms with van der Waals surface area (Å²) in [7, 11) is 0. The normalized spacial score (nSPS) is 22.4. The Labute approximate surface area is 190 Å². The van der Waals surface area contributed by atoms with Crippen LogP contribution < -0.4 is 0 Å². The van der Waals surface area contributed by atoms with Crippen molar-refractivity contribution in [2.75, 3.05) is 0 Å². The molecule has 4 heteroatoms. The third kappa shape index (κ3) is 10.2. The van der Waals surface area contributed by atoms with Crippen LogP contribution in [0.3, 0.4) is 0 Å². The number of allylic oxidation sites excluding steroid dienone is 3. The highest BCUT2D eigenvalue weighted by molar-refractivity contribution is 5.83. The molecule has 1 aliphatic rings. The molecule has 0 aromatic rings. The molecule has 178 valence electrons. The monoisotopic (exact) mass is 434 g/mol. The summed E-state index contributed by atoms with van der Waals surface area (Å²) in [5.74, 6) is 0.0716. The van der Waals surface area contributed by atoms with Gasteiger partial charge in [0.05, 0.1) is 5.60 Å². The highest BCUT2D eigenvalue weighted by Gasteiger charge is 2.35. The number of carbonyl (C=O) groups is 2. The molecule has 0 aromatic carbocycles. The quantitative estimate of drug-likeness (QED) is 0.193. The Bertz CT molecular complexity index is 580. The maximum absolute atomic E-state index is 12.5. The first kappa shape index (κ1) is 27.6. The van der Waals surface area contributed by atoms with Crippen molar-refractivity contribution < 1.29 is 19.8 Å². The van der Waals surface area contributed by atoms with Crippen molar-refractivity contribution in [2.24, 2.45) is 17.8 Å². The van der Waals surface area contributed by atoms with Crippen LogP contribution >= 0.6 is 0 Å². The number of carboxylic acids is 1. The minimum atomic E-state index is -0.781. The third-order valence-electron chi connectivity index (χ3n) is 6.77. The van der Waals surface area contributed by atoms with Gasteiger partial charge in [-0.15, -0.1) is 0 Å². The second-order valence-electron chi connectivity index (χ2n) is 9.34. The summed E-state index contributed by atoms with van der Waals surface area (Å²) in [5.41, 5.74) is -0.772. The van der Waals surface area contributed by atoms with Gasteiger partial charge < -0.3 is 10.2 Å². The minimum absolute atomic E-state index is 0.0240. The van der Waals surface area contributed by atoms with Crippen LogP contribution in [0.2, 0.25) is 0 Å². The van der Waals surface area contributed by atoms with Crippen LogP contribution in [-0.4, -0.2) is 27.6 Å². The number of unbranched alkanes of at least 4 members (excludes halogenated alkanes) is 2. The third-order valence-corrected chi connectivity index (χ3v) is 6.77. The summed E-state index contributed by atoms with van der Waals surface area (Å²) in [6.07, 6.45) is 20.4. The van der Waals surface area contributed by atoms with Gasteiger partial charge in [0.15, 0.2) is 0 Å². The number of Topliss-reactive ketones (excluding diaryl/α,β-unsaturated/α-hetero) is 1. The van der Waals surface area contributed by atoms with Gasteiger partial charge in [-0.2, -0.15) is 0 Å². The van der Waals surface area contributed by atoms with E-state index in [1.165, 1.54) is 19.3 Å². The van der Waals surface area contributed by atoms with E-state index in [1.807, 2.05) is 12.2 Å². The molecule has 0 radical (unpaired) electrons. The molecule has 2 unspecified atom stereocenters. The zero-order chi connectivity index (χ0) is 23.1. The van der Waals surface area contributed by atoms with Gasteiger partial charge in [-0.25, -0.2) is 0 Å². The van der Waals surface area contributed by atoms with E-state index in [-0.39, 0.29) is 24.2 Å². The van der Waals surface area contributed by atoms with E-state index in [0.717, 1.165) is 51.4 Å². The molecule has 0 aromatic heterocycles. The van der Waals surface area contributed by atoms with Crippen LogP contribution in [-0.2, 0) is 9.59 Å². The Kier molecular flexibility index (Phi) is 13.7. The second kappa shape index (κ2) is 15.4. The van der Waals surface area contributed by atoms with Crippen molar-refractivity contribution in [1.82, 2.24) is 0 Å². The van der Waals surface area contributed by atoms with Crippen LogP contribution in [0.4, 0.5) is 0 Å². The lowest BCUT2D eigenvalue weighted by Gasteiger charge is -2.34. The highest BCUT2D eigenvalue weighted by Crippen LogP contribution is 2.37. The Balaban J connectivity index is 2.78. The van der Waals surface area contributed by atoms with E-state index >= 15 is 0 Å². The topological polar surface area (TPSA) is 74.6 Å². The van der Waals surface area contributed by atoms with E-state index in [4.69, 9.17) is 5.11 Å². The van der Waals surface area contributed by atoms with E-state index in [0.29, 0.717) is 18.6 Å². The van der Waals surface area contributed by atoms with Crippen LogP contribution in [0.1, 0.15) is 111 Å². The molecule has 0 saturated heterocycles. The predicted molar refractivity (Wildman–Crippen MR) is 128 cm³/mol. The molecule has 2 N–H and O–H groups in total. The molecule has 1 aliphatic carbocycles. The zero-order valence-electron chi connectivity index (χ0n) is 20.2. The summed E-state index contributed by atoms with van der Waals surface area (Å²) in [6, 6.07) is 0. The first-order valence-corrected chi connectivity index (χ1v) is 12.7. The van der Waals surface area contributed by atoms with Gasteiger partial charge in [-0.05, 0) is 56.8 Å². The smallest absolute Gasteiger partial charge is 0.303 e. The van der Waals surface area contributed by atoms with Gasteiger partial charge in [-0.3, -0.25) is 9.59 Å². The molecule has 0 amide bonds. The molecule has 4 atom stereocenters. The maximum Gasteiger partial charge on any atom is 0.303 e. The van der Waals surface area contributed by atoms with Crippen molar-refractivity contribution in [3.63, 3.8) is 0 Å². The Hall–Kier alpha value is -1.42. The van der Waals surface area contributed by atoms with Crippen LogP contribution in [0.25, 0.3) is 0 Å². The number of carbonyl (C=O) groups excluding carboxylic acids is 1. The van der Waals surface area contributed by atoms with Crippen LogP contribution in [0, 0.1) is 17.8 Å². The fourth-order valence-corrected chi connectivity index (χ4v) is 5.01. The number of ketones is 1. The highest BCUT2D eigenvalue weighted by atomic mass is 16.4. The lowest BCUT2D eigenvalue weighted by molar-refractivity contribution is -0.136. The molecule has 1 rings (SSSR count). The molecule has 1 saturated carbocycles. The van der Waals surface area contributed by atoms with Crippen molar-refractivity contribution in [1.29, 1.82) is 0 Å². The lowest BCUT2D eigenvalue weighted by atomic mass is 9.76. The fourth-order valence-electron chi connectivity index (χ4n) is 5.01. The van der Waals surface area contributed by atoms with E-state index in [2.05, 4.69) is 32.9 Å². The Morgan fingerprint density at radius 2 is 1.84 bits per heavy atom.